The van der Waals surface area contributed by atoms with Gasteiger partial charge in [0.2, 0.25) is 0 Å². The fraction of sp³-hybridized carbons (Fsp3) is 0.143. The molecule has 0 atom stereocenters. The number of benzene rings is 1. The summed E-state index contributed by atoms with van der Waals surface area (Å²) in [5.41, 5.74) is 5.21. The summed E-state index contributed by atoms with van der Waals surface area (Å²) >= 11 is 8.92. The second-order valence-electron chi connectivity index (χ2n) is 4.52. The van der Waals surface area contributed by atoms with Gasteiger partial charge in [-0.25, -0.2) is 4.98 Å². The van der Waals surface area contributed by atoms with Crippen molar-refractivity contribution >= 4 is 39.3 Å². The monoisotopic (exact) mass is 333 g/mol. The van der Waals surface area contributed by atoms with Crippen molar-refractivity contribution in [1.29, 1.82) is 0 Å². The predicted octanol–water partition coefficient (Wildman–Crippen LogP) is 4.46. The zero-order chi connectivity index (χ0) is 13.6. The standard InChI is InChI=1S/C14H12BrN3S/c1-8-5-6-16-13-12(8)17-14(19)18(13)11-4-3-10(15)7-9(11)2/h3-7H,1-2H3,(H,17,19). The highest BCUT2D eigenvalue weighted by atomic mass is 79.9. The van der Waals surface area contributed by atoms with E-state index in [1.165, 1.54) is 0 Å². The molecule has 0 saturated carbocycles. The molecule has 2 heterocycles. The summed E-state index contributed by atoms with van der Waals surface area (Å²) in [7, 11) is 0. The third kappa shape index (κ3) is 2.03. The Balaban J connectivity index is 2.40. The van der Waals surface area contributed by atoms with Crippen molar-refractivity contribution in [3.05, 3.63) is 50.8 Å². The molecule has 3 aromatic rings. The number of fused-ring (bicyclic) bond motifs is 1. The average molecular weight is 334 g/mol. The van der Waals surface area contributed by atoms with Crippen molar-refractivity contribution in [2.45, 2.75) is 13.8 Å². The molecule has 0 aliphatic heterocycles. The molecule has 2 aromatic heterocycles. The molecular weight excluding hydrogens is 322 g/mol. The van der Waals surface area contributed by atoms with E-state index < -0.39 is 0 Å². The first-order valence-corrected chi connectivity index (χ1v) is 7.11. The summed E-state index contributed by atoms with van der Waals surface area (Å²) in [5.74, 6) is 0. The average Bonchev–Trinajstić information content (AvgIpc) is 2.68. The molecule has 0 saturated heterocycles. The minimum Gasteiger partial charge on any atom is -0.329 e. The Morgan fingerprint density at radius 1 is 1.21 bits per heavy atom. The third-order valence-electron chi connectivity index (χ3n) is 3.19. The summed E-state index contributed by atoms with van der Waals surface area (Å²) in [6.45, 7) is 4.12. The van der Waals surface area contributed by atoms with Gasteiger partial charge < -0.3 is 4.98 Å². The molecule has 3 nitrogen and oxygen atoms in total. The SMILES string of the molecule is Cc1cc(Br)ccc1-n1c(=S)[nH]c2c(C)ccnc21. The summed E-state index contributed by atoms with van der Waals surface area (Å²) < 4.78 is 3.71. The Bertz CT molecular complexity index is 832. The first-order valence-electron chi connectivity index (χ1n) is 5.91. The topological polar surface area (TPSA) is 33.6 Å². The Hall–Kier alpha value is -1.46. The molecule has 19 heavy (non-hydrogen) atoms. The van der Waals surface area contributed by atoms with Crippen molar-refractivity contribution in [3.63, 3.8) is 0 Å². The lowest BCUT2D eigenvalue weighted by Crippen LogP contribution is -1.98. The maximum atomic E-state index is 5.44. The molecular formula is C14H12BrN3S. The first-order chi connectivity index (χ1) is 9.08. The van der Waals surface area contributed by atoms with Gasteiger partial charge in [0, 0.05) is 10.7 Å². The number of hydrogen-bond donors (Lipinski definition) is 1. The fourth-order valence-corrected chi connectivity index (χ4v) is 2.98. The van der Waals surface area contributed by atoms with Crippen LogP contribution in [0.1, 0.15) is 11.1 Å². The van der Waals surface area contributed by atoms with Gasteiger partial charge in [-0.1, -0.05) is 15.9 Å². The van der Waals surface area contributed by atoms with Gasteiger partial charge in [-0.2, -0.15) is 0 Å². The van der Waals surface area contributed by atoms with Crippen LogP contribution in [0.5, 0.6) is 0 Å². The molecule has 0 aliphatic rings. The van der Waals surface area contributed by atoms with E-state index in [4.69, 9.17) is 12.2 Å². The molecule has 0 radical (unpaired) electrons. The highest BCUT2D eigenvalue weighted by Crippen LogP contribution is 2.24. The highest BCUT2D eigenvalue weighted by molar-refractivity contribution is 9.10. The van der Waals surface area contributed by atoms with Gasteiger partial charge in [-0.15, -0.1) is 0 Å². The van der Waals surface area contributed by atoms with E-state index in [-0.39, 0.29) is 0 Å². The minimum absolute atomic E-state index is 0.669. The molecule has 0 aliphatic carbocycles. The van der Waals surface area contributed by atoms with Crippen LogP contribution in [0.3, 0.4) is 0 Å². The summed E-state index contributed by atoms with van der Waals surface area (Å²) in [6.07, 6.45) is 1.81. The summed E-state index contributed by atoms with van der Waals surface area (Å²) in [5, 5.41) is 0. The van der Waals surface area contributed by atoms with Crippen LogP contribution in [-0.2, 0) is 0 Å². The van der Waals surface area contributed by atoms with Crippen LogP contribution in [-0.4, -0.2) is 14.5 Å². The normalized spacial score (nSPS) is 11.1. The first kappa shape index (κ1) is 12.6. The molecule has 3 rings (SSSR count). The lowest BCUT2D eigenvalue weighted by atomic mass is 10.2. The number of H-pyrrole nitrogens is 1. The molecule has 0 amide bonds. The lowest BCUT2D eigenvalue weighted by molar-refractivity contribution is 1.03. The van der Waals surface area contributed by atoms with Gasteiger partial charge >= 0.3 is 0 Å². The van der Waals surface area contributed by atoms with E-state index in [0.717, 1.165) is 32.5 Å². The number of aromatic amines is 1. The predicted molar refractivity (Wildman–Crippen MR) is 83.4 cm³/mol. The Kier molecular flexibility index (Phi) is 3.03. The van der Waals surface area contributed by atoms with Crippen molar-refractivity contribution in [2.24, 2.45) is 0 Å². The number of nitrogens with one attached hydrogen (secondary N) is 1. The van der Waals surface area contributed by atoms with Gasteiger partial charge in [0.15, 0.2) is 10.4 Å². The zero-order valence-electron chi connectivity index (χ0n) is 10.6. The Morgan fingerprint density at radius 3 is 2.74 bits per heavy atom. The Morgan fingerprint density at radius 2 is 2.00 bits per heavy atom. The number of aromatic nitrogens is 3. The van der Waals surface area contributed by atoms with Crippen molar-refractivity contribution < 1.29 is 0 Å². The van der Waals surface area contributed by atoms with Crippen molar-refractivity contribution in [1.82, 2.24) is 14.5 Å². The maximum Gasteiger partial charge on any atom is 0.184 e. The van der Waals surface area contributed by atoms with Gasteiger partial charge in [-0.3, -0.25) is 4.57 Å². The molecule has 96 valence electrons. The van der Waals surface area contributed by atoms with E-state index in [9.17, 15) is 0 Å². The van der Waals surface area contributed by atoms with Gasteiger partial charge in [-0.05, 0) is 61.5 Å². The zero-order valence-corrected chi connectivity index (χ0v) is 13.0. The molecule has 0 fully saturated rings. The van der Waals surface area contributed by atoms with Crippen LogP contribution in [0.15, 0.2) is 34.9 Å². The largest absolute Gasteiger partial charge is 0.329 e. The van der Waals surface area contributed by atoms with E-state index in [1.807, 2.05) is 35.9 Å². The quantitative estimate of drug-likeness (QED) is 0.667. The molecule has 0 spiro atoms. The van der Waals surface area contributed by atoms with Gasteiger partial charge in [0.1, 0.15) is 0 Å². The van der Waals surface area contributed by atoms with Crippen molar-refractivity contribution in [3.8, 4) is 5.69 Å². The number of nitrogens with zero attached hydrogens (tertiary/aromatic N) is 2. The summed E-state index contributed by atoms with van der Waals surface area (Å²) in [6, 6.07) is 8.11. The van der Waals surface area contributed by atoms with Gasteiger partial charge in [0.25, 0.3) is 0 Å². The van der Waals surface area contributed by atoms with E-state index in [2.05, 4.69) is 38.9 Å². The molecule has 0 unspecified atom stereocenters. The van der Waals surface area contributed by atoms with Crippen LogP contribution in [0, 0.1) is 18.6 Å². The fourth-order valence-electron chi connectivity index (χ4n) is 2.22. The smallest absolute Gasteiger partial charge is 0.184 e. The van der Waals surface area contributed by atoms with Gasteiger partial charge in [0.05, 0.1) is 11.2 Å². The van der Waals surface area contributed by atoms with Crippen LogP contribution >= 0.6 is 28.1 Å². The lowest BCUT2D eigenvalue weighted by Gasteiger charge is -2.08. The Labute approximate surface area is 124 Å². The van der Waals surface area contributed by atoms with E-state index >= 15 is 0 Å². The van der Waals surface area contributed by atoms with E-state index in [1.54, 1.807) is 0 Å². The van der Waals surface area contributed by atoms with E-state index in [0.29, 0.717) is 4.77 Å². The number of aryl methyl sites for hydroxylation is 2. The number of imidazole rings is 1. The number of rotatable bonds is 1. The van der Waals surface area contributed by atoms with Crippen LogP contribution in [0.2, 0.25) is 0 Å². The van der Waals surface area contributed by atoms with Crippen LogP contribution in [0.25, 0.3) is 16.9 Å². The second kappa shape index (κ2) is 4.58. The maximum absolute atomic E-state index is 5.44. The summed E-state index contributed by atoms with van der Waals surface area (Å²) in [4.78, 5) is 7.70. The minimum atomic E-state index is 0.669. The molecule has 5 heteroatoms. The third-order valence-corrected chi connectivity index (χ3v) is 3.96. The highest BCUT2D eigenvalue weighted by Gasteiger charge is 2.11. The molecule has 0 bridgehead atoms. The number of halogens is 1. The van der Waals surface area contributed by atoms with Crippen molar-refractivity contribution in [2.75, 3.05) is 0 Å². The number of hydrogen-bond acceptors (Lipinski definition) is 2. The molecule has 1 N–H and O–H groups in total. The second-order valence-corrected chi connectivity index (χ2v) is 5.83. The number of pyridine rings is 1. The van der Waals surface area contributed by atoms with Crippen LogP contribution in [0.4, 0.5) is 0 Å². The van der Waals surface area contributed by atoms with Crippen LogP contribution < -0.4 is 0 Å². The molecule has 1 aromatic carbocycles.